The smallest absolute Gasteiger partial charge is 0.182 e. The molecular weight excluding hydrogens is 851 g/mol. The number of ether oxygens (including phenoxy) is 1. The largest absolute Gasteiger partial charge is 0.396 e. The molecule has 2 bridgehead atoms. The number of allylic oxidation sites excluding steroid dienone is 8. The molecule has 2 heterocycles. The van der Waals surface area contributed by atoms with E-state index in [4.69, 9.17) is 10.5 Å². The first kappa shape index (κ1) is 48.2. The molecule has 5 saturated carbocycles. The minimum Gasteiger partial charge on any atom is -0.396 e. The minimum atomic E-state index is -1.82. The average molecular weight is 932 g/mol. The van der Waals surface area contributed by atoms with E-state index in [1.807, 2.05) is 19.1 Å². The molecule has 2 aliphatic heterocycles. The fraction of sp³-hybridized carbons (Fsp3) is 0.796. The van der Waals surface area contributed by atoms with Gasteiger partial charge in [0.15, 0.2) is 5.78 Å². The summed E-state index contributed by atoms with van der Waals surface area (Å²) in [7, 11) is 0. The third-order valence-corrected chi connectivity index (χ3v) is 20.7. The molecule has 372 valence electrons. The average Bonchev–Trinajstić information content (AvgIpc) is 3.52. The van der Waals surface area contributed by atoms with E-state index >= 15 is 4.79 Å². The van der Waals surface area contributed by atoms with Crippen LogP contribution in [-0.2, 0) is 9.53 Å². The molecule has 1 unspecified atom stereocenters. The standard InChI is InChI=1S/C54H81N3O10/c1-5-8-31-11-13-33-40(15-12-31)67-47-43(33)37(60)10-6-19-54(47,66)49(4,64)41-18-21-53(65)46-44(56-28-30(2)59)45(63)35-25-38(61)39(62)27-51(35)29-50(34-14-16-42(55)57-36(34)9-7-24-58)20-17-32(26-48(41,53)3)52(46,51)23-22-50/h14,16-17,20,22-23,30-33,35,37-43,47,56-62,64-66H,5-13,15,18-19,21,24-29,55H2,1-4H3/t30-,31+,32-,33+,35-,37-,38+,39-,40+,41-,42?,43+,47+,48+,49+,50+,51+,52-,53+,54+/m0/s1. The Morgan fingerprint density at radius 1 is 1.00 bits per heavy atom. The zero-order valence-electron chi connectivity index (χ0n) is 40.4. The van der Waals surface area contributed by atoms with E-state index in [9.17, 15) is 40.9 Å². The quantitative estimate of drug-likeness (QED) is 0.131. The van der Waals surface area contributed by atoms with Gasteiger partial charge in [-0.2, -0.15) is 0 Å². The molecule has 1 saturated heterocycles. The Morgan fingerprint density at radius 3 is 2.52 bits per heavy atom. The van der Waals surface area contributed by atoms with Crippen molar-refractivity contribution in [1.82, 2.24) is 10.6 Å². The lowest BCUT2D eigenvalue weighted by atomic mass is 9.33. The van der Waals surface area contributed by atoms with Gasteiger partial charge in [-0.1, -0.05) is 63.5 Å². The molecule has 11 aliphatic rings. The van der Waals surface area contributed by atoms with Crippen molar-refractivity contribution in [2.75, 3.05) is 13.2 Å². The fourth-order valence-corrected chi connectivity index (χ4v) is 17.7. The van der Waals surface area contributed by atoms with Gasteiger partial charge in [-0.3, -0.25) is 4.79 Å². The Labute approximate surface area is 397 Å². The Bertz CT molecular complexity index is 2120. The molecular formula is C54H81N3O10. The second-order valence-electron chi connectivity index (χ2n) is 24.0. The summed E-state index contributed by atoms with van der Waals surface area (Å²) in [6.45, 7) is 7.67. The number of aliphatic hydroxyl groups excluding tert-OH is 5. The molecule has 11 rings (SSSR count). The van der Waals surface area contributed by atoms with Crippen LogP contribution in [0.4, 0.5) is 0 Å². The Hall–Kier alpha value is -2.43. The van der Waals surface area contributed by atoms with E-state index in [1.54, 1.807) is 13.8 Å². The van der Waals surface area contributed by atoms with E-state index in [1.165, 1.54) is 6.42 Å². The van der Waals surface area contributed by atoms with Crippen molar-refractivity contribution in [3.05, 3.63) is 59.0 Å². The molecule has 2 spiro atoms. The van der Waals surface area contributed by atoms with Crippen LogP contribution in [0.1, 0.15) is 137 Å². The number of hydrogen-bond donors (Lipinski definition) is 11. The van der Waals surface area contributed by atoms with Crippen LogP contribution in [-0.4, -0.2) is 119 Å². The maximum absolute atomic E-state index is 15.7. The van der Waals surface area contributed by atoms with Crippen molar-refractivity contribution < 1.29 is 50.4 Å². The zero-order chi connectivity index (χ0) is 47.7. The van der Waals surface area contributed by atoms with Crippen molar-refractivity contribution in [2.45, 2.75) is 196 Å². The fourth-order valence-electron chi connectivity index (χ4n) is 17.7. The van der Waals surface area contributed by atoms with Gasteiger partial charge in [0.2, 0.25) is 0 Å². The van der Waals surface area contributed by atoms with E-state index in [0.717, 1.165) is 43.4 Å². The third kappa shape index (κ3) is 6.71. The summed E-state index contributed by atoms with van der Waals surface area (Å²) < 4.78 is 7.04. The van der Waals surface area contributed by atoms with Gasteiger partial charge < -0.3 is 62.0 Å². The lowest BCUT2D eigenvalue weighted by Crippen LogP contribution is -2.73. The van der Waals surface area contributed by atoms with Crippen molar-refractivity contribution in [3.63, 3.8) is 0 Å². The number of ketones is 1. The number of Topliss-reactive ketones (excluding diaryl/α,β-unsaturated/α-hetero) is 1. The summed E-state index contributed by atoms with van der Waals surface area (Å²) in [4.78, 5) is 15.7. The van der Waals surface area contributed by atoms with Crippen molar-refractivity contribution in [2.24, 2.45) is 62.9 Å². The maximum Gasteiger partial charge on any atom is 0.182 e. The second kappa shape index (κ2) is 16.8. The molecule has 0 amide bonds. The number of nitrogens with two attached hydrogens (primary N) is 1. The molecule has 13 nitrogen and oxygen atoms in total. The molecule has 9 aliphatic carbocycles. The Kier molecular flexibility index (Phi) is 12.1. The first-order chi connectivity index (χ1) is 31.8. The summed E-state index contributed by atoms with van der Waals surface area (Å²) in [6.07, 6.45) is 17.6. The van der Waals surface area contributed by atoms with Crippen LogP contribution < -0.4 is 16.4 Å². The summed E-state index contributed by atoms with van der Waals surface area (Å²) in [6, 6.07) is 0. The summed E-state index contributed by atoms with van der Waals surface area (Å²) in [5.41, 5.74) is -0.204. The number of fused-ring (bicyclic) bond motifs is 5. The van der Waals surface area contributed by atoms with Crippen molar-refractivity contribution in [1.29, 1.82) is 0 Å². The SMILES string of the molecule is CCC[C@@H]1CC[C@H]2[C@H]3[C@@H](O[C@@H]2CC1)[C@@](O)([C@](C)(O)[C@H]1CC[C@@]2(O)C4=C(NC[C@H](C)O)C(=O)[C@@H]5C[C@@H](O)[C@@H](O)C[C@@]56C[C@@]5(C7=C(CCCO)NC(N)C=C7)C=C[C@@H](C[C@]12C)[C@@]46C=C5)CCC[C@@H]3O. The third-order valence-electron chi connectivity index (χ3n) is 20.7. The summed E-state index contributed by atoms with van der Waals surface area (Å²) in [5.74, 6) is -1.75. The molecule has 6 fully saturated rings. The molecule has 0 aromatic carbocycles. The Morgan fingerprint density at radius 2 is 1.78 bits per heavy atom. The van der Waals surface area contributed by atoms with E-state index in [-0.39, 0.29) is 74.2 Å². The molecule has 0 radical (unpaired) electrons. The number of nitrogens with one attached hydrogen (secondary N) is 2. The maximum atomic E-state index is 15.7. The van der Waals surface area contributed by atoms with Gasteiger partial charge in [0.05, 0.1) is 59.7 Å². The topological polar surface area (TPSA) is 238 Å². The minimum absolute atomic E-state index is 0.00572. The van der Waals surface area contributed by atoms with Gasteiger partial charge in [0.25, 0.3) is 0 Å². The van der Waals surface area contributed by atoms with Crippen molar-refractivity contribution >= 4 is 5.78 Å². The predicted octanol–water partition coefficient (Wildman–Crippen LogP) is 4.07. The highest BCUT2D eigenvalue weighted by molar-refractivity contribution is 6.01. The van der Waals surface area contributed by atoms with Crippen LogP contribution in [0.3, 0.4) is 0 Å². The molecule has 12 N–H and O–H groups in total. The van der Waals surface area contributed by atoms with Crippen LogP contribution in [0.15, 0.2) is 59.0 Å². The normalized spacial score (nSPS) is 50.0. The van der Waals surface area contributed by atoms with Crippen LogP contribution in [0.25, 0.3) is 0 Å². The van der Waals surface area contributed by atoms with Crippen molar-refractivity contribution in [3.8, 4) is 0 Å². The van der Waals surface area contributed by atoms with Gasteiger partial charge in [-0.25, -0.2) is 0 Å². The van der Waals surface area contributed by atoms with Crippen LogP contribution in [0.5, 0.6) is 0 Å². The van der Waals surface area contributed by atoms with Crippen LogP contribution in [0.2, 0.25) is 0 Å². The monoisotopic (exact) mass is 932 g/mol. The number of aliphatic hydroxyl groups is 8. The molecule has 0 aromatic rings. The number of carbonyl (C=O) groups is 1. The van der Waals surface area contributed by atoms with Gasteiger partial charge in [-0.15, -0.1) is 0 Å². The molecule has 13 heteroatoms. The number of hydrogen-bond acceptors (Lipinski definition) is 13. The highest BCUT2D eigenvalue weighted by Crippen LogP contribution is 2.80. The molecule has 20 atom stereocenters. The number of rotatable bonds is 11. The number of dihydropyridines is 1. The first-order valence-electron chi connectivity index (χ1n) is 26.3. The molecule has 67 heavy (non-hydrogen) atoms. The Balaban J connectivity index is 1.14. The highest BCUT2D eigenvalue weighted by atomic mass is 16.5. The van der Waals surface area contributed by atoms with Gasteiger partial charge in [0, 0.05) is 46.9 Å². The van der Waals surface area contributed by atoms with Gasteiger partial charge >= 0.3 is 0 Å². The van der Waals surface area contributed by atoms with Crippen LogP contribution >= 0.6 is 0 Å². The second-order valence-corrected chi connectivity index (χ2v) is 24.0. The lowest BCUT2D eigenvalue weighted by Gasteiger charge is -2.71. The highest BCUT2D eigenvalue weighted by Gasteiger charge is 2.80. The first-order valence-corrected chi connectivity index (χ1v) is 26.3. The summed E-state index contributed by atoms with van der Waals surface area (Å²) >= 11 is 0. The number of carbonyl (C=O) groups excluding carboxylic acids is 1. The lowest BCUT2D eigenvalue weighted by molar-refractivity contribution is -0.258. The van der Waals surface area contributed by atoms with Gasteiger partial charge in [0.1, 0.15) is 5.60 Å². The zero-order valence-corrected chi connectivity index (χ0v) is 40.4. The van der Waals surface area contributed by atoms with E-state index in [0.29, 0.717) is 56.4 Å². The van der Waals surface area contributed by atoms with Gasteiger partial charge in [-0.05, 0) is 150 Å². The molecule has 0 aromatic heterocycles. The van der Waals surface area contributed by atoms with E-state index < -0.39 is 87.0 Å². The van der Waals surface area contributed by atoms with E-state index in [2.05, 4.69) is 41.9 Å². The summed E-state index contributed by atoms with van der Waals surface area (Å²) in [5, 5.41) is 104. The van der Waals surface area contributed by atoms with Crippen LogP contribution in [0, 0.1) is 57.2 Å². The predicted molar refractivity (Wildman–Crippen MR) is 252 cm³/mol.